The normalized spacial score (nSPS) is 15.5. The van der Waals surface area contributed by atoms with Crippen LogP contribution < -0.4 is 5.32 Å². The molecule has 0 aromatic heterocycles. The summed E-state index contributed by atoms with van der Waals surface area (Å²) in [6.07, 6.45) is 14.6. The molecular weight excluding hydrogens is 467 g/mol. The van der Waals surface area contributed by atoms with Crippen molar-refractivity contribution in [2.45, 2.75) is 122 Å². The SMILES string of the molecule is CCCCCCCCCCCC(=O)NC(COP(=O)(O)OCC[N+](C)(C)C)C(O)CCCCCC. The van der Waals surface area contributed by atoms with E-state index in [0.717, 1.165) is 44.9 Å². The van der Waals surface area contributed by atoms with Gasteiger partial charge in [0.2, 0.25) is 5.91 Å². The maximum atomic E-state index is 12.5. The van der Waals surface area contributed by atoms with Crippen LogP contribution in [0.4, 0.5) is 0 Å². The Kier molecular flexibility index (Phi) is 20.3. The summed E-state index contributed by atoms with van der Waals surface area (Å²) in [5.41, 5.74) is 0. The molecule has 0 aliphatic rings. The van der Waals surface area contributed by atoms with Crippen molar-refractivity contribution in [2.75, 3.05) is 40.9 Å². The van der Waals surface area contributed by atoms with Crippen molar-refractivity contribution in [2.24, 2.45) is 0 Å². The number of rotatable bonds is 24. The molecule has 210 valence electrons. The number of aliphatic hydroxyl groups excluding tert-OH is 1. The largest absolute Gasteiger partial charge is 0.472 e. The molecule has 3 unspecified atom stereocenters. The summed E-state index contributed by atoms with van der Waals surface area (Å²) in [5, 5.41) is 13.5. The topological polar surface area (TPSA) is 105 Å². The van der Waals surface area contributed by atoms with Crippen LogP contribution in [0.15, 0.2) is 0 Å². The van der Waals surface area contributed by atoms with E-state index in [9.17, 15) is 19.4 Å². The molecule has 0 aliphatic heterocycles. The van der Waals surface area contributed by atoms with Gasteiger partial charge in [0, 0.05) is 6.42 Å². The van der Waals surface area contributed by atoms with Crippen molar-refractivity contribution < 1.29 is 32.9 Å². The highest BCUT2D eigenvalue weighted by Crippen LogP contribution is 2.43. The van der Waals surface area contributed by atoms with Crippen molar-refractivity contribution in [3.8, 4) is 0 Å². The molecule has 1 amide bonds. The van der Waals surface area contributed by atoms with Gasteiger partial charge in [-0.3, -0.25) is 13.8 Å². The van der Waals surface area contributed by atoms with Gasteiger partial charge in [-0.25, -0.2) is 4.57 Å². The number of unbranched alkanes of at least 4 members (excludes halogenated alkanes) is 11. The summed E-state index contributed by atoms with van der Waals surface area (Å²) in [5.74, 6) is -0.159. The Morgan fingerprint density at radius 2 is 1.37 bits per heavy atom. The molecule has 3 atom stereocenters. The maximum absolute atomic E-state index is 12.5. The first kappa shape index (κ1) is 34.5. The van der Waals surface area contributed by atoms with Crippen molar-refractivity contribution in [1.29, 1.82) is 0 Å². The Labute approximate surface area is 215 Å². The van der Waals surface area contributed by atoms with Crippen LogP contribution in [-0.4, -0.2) is 73.4 Å². The van der Waals surface area contributed by atoms with Gasteiger partial charge in [0.05, 0.1) is 39.9 Å². The minimum absolute atomic E-state index is 0.0759. The molecule has 0 aromatic rings. The number of phosphoric ester groups is 1. The molecule has 0 aliphatic carbocycles. The predicted molar refractivity (Wildman–Crippen MR) is 143 cm³/mol. The molecule has 0 bridgehead atoms. The highest BCUT2D eigenvalue weighted by atomic mass is 31.2. The van der Waals surface area contributed by atoms with E-state index in [-0.39, 0.29) is 19.1 Å². The first-order valence-corrected chi connectivity index (χ1v) is 15.4. The fourth-order valence-corrected chi connectivity index (χ4v) is 4.48. The van der Waals surface area contributed by atoms with Crippen molar-refractivity contribution in [3.05, 3.63) is 0 Å². The molecule has 8 nitrogen and oxygen atoms in total. The summed E-state index contributed by atoms with van der Waals surface area (Å²) < 4.78 is 23.1. The Balaban J connectivity index is 4.52. The second-order valence-corrected chi connectivity index (χ2v) is 12.2. The third kappa shape index (κ3) is 22.4. The van der Waals surface area contributed by atoms with E-state index >= 15 is 0 Å². The number of likely N-dealkylation sites (N-methyl/N-ethyl adjacent to an activating group) is 1. The molecule has 0 aromatic carbocycles. The Hall–Kier alpha value is -0.500. The number of carbonyl (C=O) groups is 1. The predicted octanol–water partition coefficient (Wildman–Crippen LogP) is 5.56. The highest BCUT2D eigenvalue weighted by Gasteiger charge is 2.28. The third-order valence-corrected chi connectivity index (χ3v) is 7.09. The molecule has 0 spiro atoms. The van der Waals surface area contributed by atoms with E-state index in [1.807, 2.05) is 21.1 Å². The number of phosphoric acid groups is 1. The molecule has 0 saturated heterocycles. The number of amides is 1. The zero-order chi connectivity index (χ0) is 26.6. The summed E-state index contributed by atoms with van der Waals surface area (Å²) in [6.45, 7) is 4.70. The van der Waals surface area contributed by atoms with E-state index in [2.05, 4.69) is 19.2 Å². The molecular formula is C26H56N2O6P+. The van der Waals surface area contributed by atoms with E-state index < -0.39 is 20.0 Å². The van der Waals surface area contributed by atoms with Crippen LogP contribution in [0.2, 0.25) is 0 Å². The minimum Gasteiger partial charge on any atom is -0.391 e. The number of carbonyl (C=O) groups excluding carboxylic acids is 1. The average Bonchev–Trinajstić information content (AvgIpc) is 2.77. The lowest BCUT2D eigenvalue weighted by atomic mass is 10.0. The van der Waals surface area contributed by atoms with E-state index in [4.69, 9.17) is 9.05 Å². The number of hydrogen-bond donors (Lipinski definition) is 3. The summed E-state index contributed by atoms with van der Waals surface area (Å²) >= 11 is 0. The third-order valence-electron chi connectivity index (χ3n) is 6.11. The first-order valence-electron chi connectivity index (χ1n) is 13.9. The quantitative estimate of drug-likeness (QED) is 0.0869. The monoisotopic (exact) mass is 523 g/mol. The highest BCUT2D eigenvalue weighted by molar-refractivity contribution is 7.47. The number of nitrogens with zero attached hydrogens (tertiary/aromatic N) is 1. The van der Waals surface area contributed by atoms with Crippen molar-refractivity contribution in [1.82, 2.24) is 5.32 Å². The van der Waals surface area contributed by atoms with E-state index in [1.54, 1.807) is 0 Å². The molecule has 0 fully saturated rings. The van der Waals surface area contributed by atoms with Gasteiger partial charge in [-0.05, 0) is 12.8 Å². The van der Waals surface area contributed by atoms with Crippen LogP contribution in [0.5, 0.6) is 0 Å². The van der Waals surface area contributed by atoms with Crippen LogP contribution in [0.25, 0.3) is 0 Å². The fourth-order valence-electron chi connectivity index (χ4n) is 3.75. The lowest BCUT2D eigenvalue weighted by Gasteiger charge is -2.26. The minimum atomic E-state index is -4.27. The van der Waals surface area contributed by atoms with Crippen LogP contribution in [0.1, 0.15) is 110 Å². The van der Waals surface area contributed by atoms with Gasteiger partial charge in [0.25, 0.3) is 0 Å². The maximum Gasteiger partial charge on any atom is 0.472 e. The smallest absolute Gasteiger partial charge is 0.391 e. The second kappa shape index (κ2) is 20.5. The molecule has 0 rings (SSSR count). The molecule has 0 saturated carbocycles. The lowest BCUT2D eigenvalue weighted by Crippen LogP contribution is -2.46. The van der Waals surface area contributed by atoms with Crippen LogP contribution in [0, 0.1) is 0 Å². The van der Waals surface area contributed by atoms with E-state index in [1.165, 1.54) is 38.5 Å². The zero-order valence-electron chi connectivity index (χ0n) is 23.3. The molecule has 0 radical (unpaired) electrons. The Bertz CT molecular complexity index is 571. The Morgan fingerprint density at radius 3 is 1.91 bits per heavy atom. The Morgan fingerprint density at radius 1 is 0.857 bits per heavy atom. The number of hydrogen-bond acceptors (Lipinski definition) is 5. The van der Waals surface area contributed by atoms with Gasteiger partial charge in [-0.1, -0.05) is 90.9 Å². The molecule has 0 heterocycles. The van der Waals surface area contributed by atoms with E-state index in [0.29, 0.717) is 23.9 Å². The van der Waals surface area contributed by atoms with Crippen LogP contribution in [0.3, 0.4) is 0 Å². The standard InChI is InChI=1S/C26H55N2O6P/c1-6-8-10-12-13-14-15-16-18-20-26(30)27-24(25(29)19-17-11-9-7-2)23-34-35(31,32)33-22-21-28(3,4)5/h24-25,29H,6-23H2,1-5H3,(H-,27,30,31,32)/p+1. The lowest BCUT2D eigenvalue weighted by molar-refractivity contribution is -0.870. The summed E-state index contributed by atoms with van der Waals surface area (Å²) in [6, 6.07) is -0.745. The van der Waals surface area contributed by atoms with Gasteiger partial charge >= 0.3 is 7.82 Å². The van der Waals surface area contributed by atoms with Crippen LogP contribution in [-0.2, 0) is 18.4 Å². The van der Waals surface area contributed by atoms with Crippen LogP contribution >= 0.6 is 7.82 Å². The van der Waals surface area contributed by atoms with Gasteiger partial charge in [0.1, 0.15) is 13.2 Å². The molecule has 3 N–H and O–H groups in total. The number of aliphatic hydroxyl groups is 1. The number of quaternary nitrogens is 1. The average molecular weight is 524 g/mol. The number of nitrogens with one attached hydrogen (secondary N) is 1. The molecule has 35 heavy (non-hydrogen) atoms. The zero-order valence-corrected chi connectivity index (χ0v) is 24.2. The van der Waals surface area contributed by atoms with Gasteiger partial charge < -0.3 is 19.8 Å². The summed E-state index contributed by atoms with van der Waals surface area (Å²) in [4.78, 5) is 22.5. The molecule has 9 heteroatoms. The van der Waals surface area contributed by atoms with Gasteiger partial charge in [-0.2, -0.15) is 0 Å². The summed E-state index contributed by atoms with van der Waals surface area (Å²) in [7, 11) is 1.61. The van der Waals surface area contributed by atoms with Crippen molar-refractivity contribution >= 4 is 13.7 Å². The van der Waals surface area contributed by atoms with Gasteiger partial charge in [0.15, 0.2) is 0 Å². The van der Waals surface area contributed by atoms with Gasteiger partial charge in [-0.15, -0.1) is 0 Å². The van der Waals surface area contributed by atoms with Crippen molar-refractivity contribution in [3.63, 3.8) is 0 Å². The fraction of sp³-hybridized carbons (Fsp3) is 0.962. The second-order valence-electron chi connectivity index (χ2n) is 10.8. The first-order chi connectivity index (χ1) is 16.5.